The minimum atomic E-state index is -0.979. The van der Waals surface area contributed by atoms with Gasteiger partial charge in [-0.25, -0.2) is 0 Å². The highest BCUT2D eigenvalue weighted by Gasteiger charge is 2.17. The molecule has 0 saturated carbocycles. The minimum absolute atomic E-state index is 0.0193. The molecular formula is C15H10FN5O3. The molecule has 1 heterocycles. The topological polar surface area (TPSA) is 103 Å². The van der Waals surface area contributed by atoms with Gasteiger partial charge >= 0.3 is 5.69 Å². The Bertz CT molecular complexity index is 910. The molecule has 3 aromatic rings. The summed E-state index contributed by atoms with van der Waals surface area (Å²) in [6, 6.07) is 12.1. The molecule has 3 rings (SSSR count). The number of halogens is 1. The van der Waals surface area contributed by atoms with Crippen LogP contribution in [0.25, 0.3) is 5.69 Å². The standard InChI is InChI=1S/C15H10FN5O3/c16-12-7-6-10(8-14(12)21(23)24)18-15(22)13-9-17-20(19-13)11-4-2-1-3-5-11/h1-9H,(H,18,22). The van der Waals surface area contributed by atoms with Crippen molar-refractivity contribution in [3.8, 4) is 5.69 Å². The monoisotopic (exact) mass is 327 g/mol. The van der Waals surface area contributed by atoms with Gasteiger partial charge in [-0.1, -0.05) is 18.2 Å². The first kappa shape index (κ1) is 15.3. The number of aromatic nitrogens is 3. The van der Waals surface area contributed by atoms with Gasteiger partial charge in [0.25, 0.3) is 5.91 Å². The summed E-state index contributed by atoms with van der Waals surface area (Å²) in [4.78, 5) is 23.3. The molecule has 0 aliphatic rings. The first-order valence-corrected chi connectivity index (χ1v) is 6.77. The van der Waals surface area contributed by atoms with Gasteiger partial charge in [0.1, 0.15) is 0 Å². The molecule has 1 N–H and O–H groups in total. The van der Waals surface area contributed by atoms with E-state index in [4.69, 9.17) is 0 Å². The number of carbonyl (C=O) groups excluding carboxylic acids is 1. The first-order valence-electron chi connectivity index (χ1n) is 6.77. The Balaban J connectivity index is 1.80. The van der Waals surface area contributed by atoms with E-state index in [-0.39, 0.29) is 11.4 Å². The Morgan fingerprint density at radius 1 is 1.21 bits per heavy atom. The second-order valence-corrected chi connectivity index (χ2v) is 4.73. The molecular weight excluding hydrogens is 317 g/mol. The summed E-state index contributed by atoms with van der Waals surface area (Å²) in [7, 11) is 0. The van der Waals surface area contributed by atoms with Crippen LogP contribution in [0.3, 0.4) is 0 Å². The smallest absolute Gasteiger partial charge is 0.306 e. The molecule has 8 nitrogen and oxygen atoms in total. The van der Waals surface area contributed by atoms with Crippen LogP contribution in [-0.4, -0.2) is 25.8 Å². The largest absolute Gasteiger partial charge is 0.320 e. The number of para-hydroxylation sites is 1. The van der Waals surface area contributed by atoms with Gasteiger partial charge in [-0.05, 0) is 24.3 Å². The number of nitrogens with zero attached hydrogens (tertiary/aromatic N) is 4. The van der Waals surface area contributed by atoms with Crippen LogP contribution in [0.5, 0.6) is 0 Å². The molecule has 0 aliphatic carbocycles. The maximum Gasteiger partial charge on any atom is 0.306 e. The fourth-order valence-electron chi connectivity index (χ4n) is 1.98. The van der Waals surface area contributed by atoms with E-state index in [0.29, 0.717) is 5.69 Å². The number of nitrogens with one attached hydrogen (secondary N) is 1. The fourth-order valence-corrected chi connectivity index (χ4v) is 1.98. The zero-order chi connectivity index (χ0) is 17.1. The molecule has 0 atom stereocenters. The minimum Gasteiger partial charge on any atom is -0.320 e. The molecule has 120 valence electrons. The number of hydrogen-bond acceptors (Lipinski definition) is 5. The van der Waals surface area contributed by atoms with Crippen LogP contribution in [0, 0.1) is 15.9 Å². The predicted octanol–water partition coefficient (Wildman–Crippen LogP) is 2.57. The van der Waals surface area contributed by atoms with Gasteiger partial charge < -0.3 is 5.32 Å². The van der Waals surface area contributed by atoms with Crippen LogP contribution in [0.4, 0.5) is 15.8 Å². The SMILES string of the molecule is O=C(Nc1ccc(F)c([N+](=O)[O-])c1)c1cnn(-c2ccccc2)n1. The number of amides is 1. The number of carbonyl (C=O) groups is 1. The van der Waals surface area contributed by atoms with E-state index < -0.39 is 22.3 Å². The molecule has 0 saturated heterocycles. The number of nitro groups is 1. The first-order chi connectivity index (χ1) is 11.5. The van der Waals surface area contributed by atoms with E-state index in [1.54, 1.807) is 24.3 Å². The van der Waals surface area contributed by atoms with E-state index in [9.17, 15) is 19.3 Å². The second-order valence-electron chi connectivity index (χ2n) is 4.73. The lowest BCUT2D eigenvalue weighted by atomic mass is 10.2. The quantitative estimate of drug-likeness (QED) is 0.586. The Kier molecular flexibility index (Phi) is 3.98. The second kappa shape index (κ2) is 6.24. The lowest BCUT2D eigenvalue weighted by molar-refractivity contribution is -0.387. The van der Waals surface area contributed by atoms with E-state index in [1.807, 2.05) is 6.07 Å². The van der Waals surface area contributed by atoms with Crippen LogP contribution in [0.1, 0.15) is 10.5 Å². The van der Waals surface area contributed by atoms with Gasteiger partial charge in [0.2, 0.25) is 5.82 Å². The van der Waals surface area contributed by atoms with Gasteiger partial charge in [-0.15, -0.1) is 5.10 Å². The third-order valence-electron chi connectivity index (χ3n) is 3.11. The highest BCUT2D eigenvalue weighted by molar-refractivity contribution is 6.02. The van der Waals surface area contributed by atoms with Crippen molar-refractivity contribution >= 4 is 17.3 Å². The molecule has 9 heteroatoms. The Morgan fingerprint density at radius 3 is 2.67 bits per heavy atom. The van der Waals surface area contributed by atoms with Gasteiger partial charge in [0.05, 0.1) is 16.8 Å². The van der Waals surface area contributed by atoms with Crippen LogP contribution in [-0.2, 0) is 0 Å². The zero-order valence-corrected chi connectivity index (χ0v) is 12.1. The molecule has 0 fully saturated rings. The fraction of sp³-hybridized carbons (Fsp3) is 0. The van der Waals surface area contributed by atoms with Crippen LogP contribution in [0.2, 0.25) is 0 Å². The number of benzene rings is 2. The number of rotatable bonds is 4. The van der Waals surface area contributed by atoms with Gasteiger partial charge in [-0.2, -0.15) is 14.3 Å². The van der Waals surface area contributed by atoms with Crippen molar-refractivity contribution in [2.75, 3.05) is 5.32 Å². The molecule has 0 unspecified atom stereocenters. The number of hydrogen-bond donors (Lipinski definition) is 1. The summed E-state index contributed by atoms with van der Waals surface area (Å²) in [5, 5.41) is 21.2. The Labute approximate surface area is 134 Å². The van der Waals surface area contributed by atoms with E-state index >= 15 is 0 Å². The molecule has 1 aromatic heterocycles. The third-order valence-corrected chi connectivity index (χ3v) is 3.11. The van der Waals surface area contributed by atoms with Gasteiger partial charge in [-0.3, -0.25) is 14.9 Å². The molecule has 2 aromatic carbocycles. The van der Waals surface area contributed by atoms with Crippen molar-refractivity contribution in [1.82, 2.24) is 15.0 Å². The zero-order valence-electron chi connectivity index (χ0n) is 12.1. The normalized spacial score (nSPS) is 10.4. The van der Waals surface area contributed by atoms with Crippen molar-refractivity contribution in [2.45, 2.75) is 0 Å². The van der Waals surface area contributed by atoms with Crippen LogP contribution < -0.4 is 5.32 Å². The van der Waals surface area contributed by atoms with Crippen molar-refractivity contribution in [2.24, 2.45) is 0 Å². The van der Waals surface area contributed by atoms with E-state index in [1.165, 1.54) is 17.1 Å². The maximum absolute atomic E-state index is 13.3. The highest BCUT2D eigenvalue weighted by Crippen LogP contribution is 2.21. The van der Waals surface area contributed by atoms with Crippen molar-refractivity contribution in [3.05, 3.63) is 76.4 Å². The lowest BCUT2D eigenvalue weighted by Gasteiger charge is -2.03. The molecule has 0 spiro atoms. The number of nitro benzene ring substituents is 1. The van der Waals surface area contributed by atoms with Crippen LogP contribution >= 0.6 is 0 Å². The lowest BCUT2D eigenvalue weighted by Crippen LogP contribution is -2.13. The third kappa shape index (κ3) is 3.09. The highest BCUT2D eigenvalue weighted by atomic mass is 19.1. The molecule has 1 amide bonds. The Hall–Kier alpha value is -3.62. The summed E-state index contributed by atoms with van der Waals surface area (Å²) in [6.45, 7) is 0. The summed E-state index contributed by atoms with van der Waals surface area (Å²) in [5.41, 5.74) is 0.0582. The number of anilines is 1. The van der Waals surface area contributed by atoms with Crippen molar-refractivity contribution < 1.29 is 14.1 Å². The molecule has 0 bridgehead atoms. The maximum atomic E-state index is 13.3. The van der Waals surface area contributed by atoms with Gasteiger partial charge in [0, 0.05) is 11.8 Å². The molecule has 0 radical (unpaired) electrons. The predicted molar refractivity (Wildman–Crippen MR) is 82.4 cm³/mol. The van der Waals surface area contributed by atoms with Crippen molar-refractivity contribution in [1.29, 1.82) is 0 Å². The summed E-state index contributed by atoms with van der Waals surface area (Å²) >= 11 is 0. The summed E-state index contributed by atoms with van der Waals surface area (Å²) in [5.74, 6) is -1.59. The van der Waals surface area contributed by atoms with E-state index in [0.717, 1.165) is 12.1 Å². The van der Waals surface area contributed by atoms with Crippen LogP contribution in [0.15, 0.2) is 54.7 Å². The summed E-state index contributed by atoms with van der Waals surface area (Å²) in [6.07, 6.45) is 1.26. The van der Waals surface area contributed by atoms with Crippen molar-refractivity contribution in [3.63, 3.8) is 0 Å². The van der Waals surface area contributed by atoms with Gasteiger partial charge in [0.15, 0.2) is 5.69 Å². The Morgan fingerprint density at radius 2 is 1.96 bits per heavy atom. The van der Waals surface area contributed by atoms with E-state index in [2.05, 4.69) is 15.5 Å². The average Bonchev–Trinajstić information content (AvgIpc) is 3.07. The molecule has 24 heavy (non-hydrogen) atoms. The summed E-state index contributed by atoms with van der Waals surface area (Å²) < 4.78 is 13.3. The molecule has 0 aliphatic heterocycles. The average molecular weight is 327 g/mol.